The molecular formula is C15H13FN2O3S2. The maximum atomic E-state index is 13.2. The number of amides is 1. The van der Waals surface area contributed by atoms with E-state index in [4.69, 9.17) is 0 Å². The van der Waals surface area contributed by atoms with Gasteiger partial charge in [-0.05, 0) is 12.1 Å². The Bertz CT molecular complexity index is 874. The van der Waals surface area contributed by atoms with E-state index in [2.05, 4.69) is 10.3 Å². The fourth-order valence-electron chi connectivity index (χ4n) is 2.29. The Morgan fingerprint density at radius 2 is 2.26 bits per heavy atom. The summed E-state index contributed by atoms with van der Waals surface area (Å²) in [5.41, 5.74) is 1.21. The average molecular weight is 352 g/mol. The van der Waals surface area contributed by atoms with Gasteiger partial charge in [0, 0.05) is 28.7 Å². The molecule has 3 rings (SSSR count). The second-order valence-corrected chi connectivity index (χ2v) is 8.01. The number of hydrogen-bond donors (Lipinski definition) is 1. The van der Waals surface area contributed by atoms with E-state index >= 15 is 0 Å². The van der Waals surface area contributed by atoms with Crippen molar-refractivity contribution in [2.75, 3.05) is 11.1 Å². The summed E-state index contributed by atoms with van der Waals surface area (Å²) >= 11 is 1.23. The Labute approximate surface area is 136 Å². The van der Waals surface area contributed by atoms with Crippen molar-refractivity contribution < 1.29 is 17.6 Å². The molecule has 0 fully saturated rings. The van der Waals surface area contributed by atoms with Gasteiger partial charge in [-0.15, -0.1) is 11.3 Å². The number of carbonyl (C=O) groups excluding carboxylic acids is 1. The molecular weight excluding hydrogens is 339 g/mol. The lowest BCUT2D eigenvalue weighted by Gasteiger charge is -2.05. The molecule has 8 heteroatoms. The standard InChI is InChI=1S/C15H13FN2O3S2/c16-12-3-1-2-11(7-12)13-8-22-15(17-13)18-14(19)6-10-4-5-23(20,21)9-10/h1-5,7-8,10H,6,9H2,(H,17,18,19). The zero-order chi connectivity index (χ0) is 16.4. The first-order valence-electron chi connectivity index (χ1n) is 6.83. The molecule has 0 saturated heterocycles. The number of aromatic nitrogens is 1. The topological polar surface area (TPSA) is 76.1 Å². The van der Waals surface area contributed by atoms with E-state index in [1.807, 2.05) is 0 Å². The van der Waals surface area contributed by atoms with E-state index in [0.717, 1.165) is 5.41 Å². The highest BCUT2D eigenvalue weighted by Gasteiger charge is 2.24. The van der Waals surface area contributed by atoms with Gasteiger partial charge < -0.3 is 5.32 Å². The zero-order valence-electron chi connectivity index (χ0n) is 11.9. The third-order valence-electron chi connectivity index (χ3n) is 3.32. The SMILES string of the molecule is O=C(CC1C=CS(=O)(=O)C1)Nc1nc(-c2cccc(F)c2)cs1. The summed E-state index contributed by atoms with van der Waals surface area (Å²) in [6.45, 7) is 0. The number of carbonyl (C=O) groups is 1. The highest BCUT2D eigenvalue weighted by atomic mass is 32.2. The first-order chi connectivity index (χ1) is 10.9. The molecule has 1 aromatic heterocycles. The molecule has 1 aliphatic rings. The number of rotatable bonds is 4. The van der Waals surface area contributed by atoms with Crippen molar-refractivity contribution in [2.45, 2.75) is 6.42 Å². The quantitative estimate of drug-likeness (QED) is 0.918. The number of sulfone groups is 1. The van der Waals surface area contributed by atoms with Gasteiger partial charge in [0.05, 0.1) is 11.4 Å². The molecule has 1 N–H and O–H groups in total. The smallest absolute Gasteiger partial charge is 0.226 e. The molecule has 1 unspecified atom stereocenters. The zero-order valence-corrected chi connectivity index (χ0v) is 13.5. The molecule has 120 valence electrons. The van der Waals surface area contributed by atoms with E-state index in [-0.39, 0.29) is 29.8 Å². The van der Waals surface area contributed by atoms with Crippen molar-refractivity contribution in [1.82, 2.24) is 4.98 Å². The largest absolute Gasteiger partial charge is 0.302 e. The van der Waals surface area contributed by atoms with Gasteiger partial charge in [-0.3, -0.25) is 4.79 Å². The van der Waals surface area contributed by atoms with Crippen molar-refractivity contribution in [1.29, 1.82) is 0 Å². The van der Waals surface area contributed by atoms with Crippen LogP contribution in [0.4, 0.5) is 9.52 Å². The van der Waals surface area contributed by atoms with E-state index in [0.29, 0.717) is 16.4 Å². The van der Waals surface area contributed by atoms with E-state index in [1.165, 1.54) is 29.5 Å². The molecule has 1 aliphatic heterocycles. The Morgan fingerprint density at radius 1 is 1.43 bits per heavy atom. The highest BCUT2D eigenvalue weighted by molar-refractivity contribution is 7.94. The molecule has 1 amide bonds. The number of thiazole rings is 1. The lowest BCUT2D eigenvalue weighted by molar-refractivity contribution is -0.116. The molecule has 1 atom stereocenters. The van der Waals surface area contributed by atoms with Gasteiger partial charge in [-0.25, -0.2) is 17.8 Å². The van der Waals surface area contributed by atoms with E-state index < -0.39 is 9.84 Å². The normalized spacial score (nSPS) is 18.9. The summed E-state index contributed by atoms with van der Waals surface area (Å²) < 4.78 is 35.8. The summed E-state index contributed by atoms with van der Waals surface area (Å²) in [6.07, 6.45) is 1.62. The van der Waals surface area contributed by atoms with Crippen LogP contribution in [-0.4, -0.2) is 25.1 Å². The maximum absolute atomic E-state index is 13.2. The van der Waals surface area contributed by atoms with Crippen LogP contribution in [0.25, 0.3) is 11.3 Å². The number of nitrogens with one attached hydrogen (secondary N) is 1. The Kier molecular flexibility index (Phi) is 4.27. The van der Waals surface area contributed by atoms with Crippen molar-refractivity contribution in [3.63, 3.8) is 0 Å². The van der Waals surface area contributed by atoms with Crippen LogP contribution in [0.1, 0.15) is 6.42 Å². The summed E-state index contributed by atoms with van der Waals surface area (Å²) in [6, 6.07) is 6.05. The molecule has 0 radical (unpaired) electrons. The maximum Gasteiger partial charge on any atom is 0.226 e. The van der Waals surface area contributed by atoms with Gasteiger partial charge >= 0.3 is 0 Å². The van der Waals surface area contributed by atoms with Crippen molar-refractivity contribution in [3.05, 3.63) is 46.9 Å². The molecule has 23 heavy (non-hydrogen) atoms. The van der Waals surface area contributed by atoms with Crippen LogP contribution in [0.15, 0.2) is 41.1 Å². The summed E-state index contributed by atoms with van der Waals surface area (Å²) in [5, 5.41) is 5.92. The van der Waals surface area contributed by atoms with Crippen LogP contribution < -0.4 is 5.32 Å². The predicted molar refractivity (Wildman–Crippen MR) is 87.2 cm³/mol. The number of halogens is 1. The second kappa shape index (κ2) is 6.21. The molecule has 2 aromatic rings. The van der Waals surface area contributed by atoms with Crippen LogP contribution in [0.2, 0.25) is 0 Å². The van der Waals surface area contributed by atoms with E-state index in [9.17, 15) is 17.6 Å². The molecule has 0 saturated carbocycles. The minimum Gasteiger partial charge on any atom is -0.302 e. The molecule has 2 heterocycles. The monoisotopic (exact) mass is 352 g/mol. The highest BCUT2D eigenvalue weighted by Crippen LogP contribution is 2.26. The van der Waals surface area contributed by atoms with Gasteiger partial charge in [0.1, 0.15) is 5.82 Å². The summed E-state index contributed by atoms with van der Waals surface area (Å²) in [4.78, 5) is 16.2. The third-order valence-corrected chi connectivity index (χ3v) is 5.55. The molecule has 0 spiro atoms. The van der Waals surface area contributed by atoms with Gasteiger partial charge in [0.15, 0.2) is 15.0 Å². The Hall–Kier alpha value is -2.06. The van der Waals surface area contributed by atoms with Gasteiger partial charge in [0.25, 0.3) is 0 Å². The van der Waals surface area contributed by atoms with Gasteiger partial charge in [-0.1, -0.05) is 18.2 Å². The Morgan fingerprint density at radius 3 is 2.96 bits per heavy atom. The first-order valence-corrected chi connectivity index (χ1v) is 9.43. The lowest BCUT2D eigenvalue weighted by atomic mass is 10.1. The number of anilines is 1. The average Bonchev–Trinajstić information content (AvgIpc) is 3.05. The summed E-state index contributed by atoms with van der Waals surface area (Å²) in [5.74, 6) is -0.984. The minimum absolute atomic E-state index is 0.0349. The number of benzene rings is 1. The predicted octanol–water partition coefficient (Wildman–Crippen LogP) is 2.84. The van der Waals surface area contributed by atoms with Gasteiger partial charge in [-0.2, -0.15) is 0 Å². The number of nitrogens with zero attached hydrogens (tertiary/aromatic N) is 1. The van der Waals surface area contributed by atoms with Gasteiger partial charge in [0.2, 0.25) is 5.91 Å². The first kappa shape index (κ1) is 15.8. The van der Waals surface area contributed by atoms with Crippen molar-refractivity contribution in [3.8, 4) is 11.3 Å². The minimum atomic E-state index is -3.16. The molecule has 0 aliphatic carbocycles. The molecule has 5 nitrogen and oxygen atoms in total. The fraction of sp³-hybridized carbons (Fsp3) is 0.200. The fourth-order valence-corrected chi connectivity index (χ4v) is 4.42. The van der Waals surface area contributed by atoms with Crippen LogP contribution in [0.5, 0.6) is 0 Å². The van der Waals surface area contributed by atoms with E-state index in [1.54, 1.807) is 17.5 Å². The van der Waals surface area contributed by atoms with Crippen LogP contribution in [0, 0.1) is 11.7 Å². The molecule has 1 aromatic carbocycles. The second-order valence-electron chi connectivity index (χ2n) is 5.22. The lowest BCUT2D eigenvalue weighted by Crippen LogP contribution is -2.17. The van der Waals surface area contributed by atoms with Crippen molar-refractivity contribution >= 4 is 32.2 Å². The van der Waals surface area contributed by atoms with Crippen LogP contribution in [0.3, 0.4) is 0 Å². The Balaban J connectivity index is 1.63. The number of allylic oxidation sites excluding steroid dienone is 1. The molecule has 0 bridgehead atoms. The summed E-state index contributed by atoms with van der Waals surface area (Å²) in [7, 11) is -3.16. The third kappa shape index (κ3) is 4.02. The van der Waals surface area contributed by atoms with Crippen LogP contribution >= 0.6 is 11.3 Å². The van der Waals surface area contributed by atoms with Crippen LogP contribution in [-0.2, 0) is 14.6 Å². The van der Waals surface area contributed by atoms with Crippen molar-refractivity contribution in [2.24, 2.45) is 5.92 Å². The number of hydrogen-bond acceptors (Lipinski definition) is 5.